The molecular formula is C15H19N2O3. The van der Waals surface area contributed by atoms with E-state index in [-0.39, 0.29) is 16.5 Å². The van der Waals surface area contributed by atoms with Crippen LogP contribution < -0.4 is 0 Å². The van der Waals surface area contributed by atoms with E-state index in [0.717, 1.165) is 50.0 Å². The molecule has 0 aromatic heterocycles. The molecule has 2 rings (SSSR count). The molecule has 20 heavy (non-hydrogen) atoms. The summed E-state index contributed by atoms with van der Waals surface area (Å²) in [5.74, 6) is 0.0887. The summed E-state index contributed by atoms with van der Waals surface area (Å²) in [6.07, 6.45) is 4.63. The predicted octanol–water partition coefficient (Wildman–Crippen LogP) is 2.27. The maximum Gasteiger partial charge on any atom is 0.272 e. The second-order valence-corrected chi connectivity index (χ2v) is 5.30. The lowest BCUT2D eigenvalue weighted by Crippen LogP contribution is -2.35. The highest BCUT2D eigenvalue weighted by molar-refractivity contribution is 5.54. The molecule has 0 unspecified atom stereocenters. The van der Waals surface area contributed by atoms with E-state index in [2.05, 4.69) is 11.2 Å². The van der Waals surface area contributed by atoms with Crippen molar-refractivity contribution in [2.45, 2.75) is 26.2 Å². The fourth-order valence-electron chi connectivity index (χ4n) is 2.69. The van der Waals surface area contributed by atoms with Gasteiger partial charge < -0.3 is 4.90 Å². The number of nitro benzene ring substituents is 1. The summed E-state index contributed by atoms with van der Waals surface area (Å²) >= 11 is 0. The van der Waals surface area contributed by atoms with E-state index in [1.165, 1.54) is 0 Å². The van der Waals surface area contributed by atoms with Gasteiger partial charge in [0.2, 0.25) is 6.29 Å². The molecule has 0 amide bonds. The highest BCUT2D eigenvalue weighted by Gasteiger charge is 2.19. The molecule has 1 aromatic rings. The summed E-state index contributed by atoms with van der Waals surface area (Å²) in [4.78, 5) is 23.5. The number of nitro groups is 1. The average molecular weight is 275 g/mol. The van der Waals surface area contributed by atoms with Crippen molar-refractivity contribution >= 4 is 12.0 Å². The third-order valence-corrected chi connectivity index (χ3v) is 4.07. The average Bonchev–Trinajstić information content (AvgIpc) is 2.46. The van der Waals surface area contributed by atoms with Gasteiger partial charge in [-0.15, -0.1) is 0 Å². The lowest BCUT2D eigenvalue weighted by Gasteiger charge is -2.29. The summed E-state index contributed by atoms with van der Waals surface area (Å²) in [7, 11) is 0. The Bertz CT molecular complexity index is 494. The first-order valence-electron chi connectivity index (χ1n) is 6.94. The second-order valence-electron chi connectivity index (χ2n) is 5.30. The molecule has 1 aliphatic rings. The van der Waals surface area contributed by atoms with Crippen LogP contribution in [0, 0.1) is 23.0 Å². The van der Waals surface area contributed by atoms with Crippen LogP contribution in [0.3, 0.4) is 0 Å². The summed E-state index contributed by atoms with van der Waals surface area (Å²) < 4.78 is 0. The van der Waals surface area contributed by atoms with E-state index in [1.807, 2.05) is 6.07 Å². The first-order valence-corrected chi connectivity index (χ1v) is 6.94. The van der Waals surface area contributed by atoms with Crippen LogP contribution in [-0.2, 0) is 11.2 Å². The van der Waals surface area contributed by atoms with E-state index in [4.69, 9.17) is 0 Å². The normalized spacial score (nSPS) is 17.1. The zero-order valence-electron chi connectivity index (χ0n) is 11.7. The van der Waals surface area contributed by atoms with Crippen LogP contribution in [0.5, 0.6) is 0 Å². The lowest BCUT2D eigenvalue weighted by atomic mass is 9.97. The van der Waals surface area contributed by atoms with Gasteiger partial charge in [-0.3, -0.25) is 14.9 Å². The fraction of sp³-hybridized carbons (Fsp3) is 0.533. The molecule has 0 saturated carbocycles. The van der Waals surface area contributed by atoms with Crippen molar-refractivity contribution in [2.24, 2.45) is 5.92 Å². The minimum absolute atomic E-state index is 0.0887. The molecule has 0 bridgehead atoms. The molecule has 0 spiro atoms. The van der Waals surface area contributed by atoms with Gasteiger partial charge >= 0.3 is 0 Å². The van der Waals surface area contributed by atoms with Crippen LogP contribution in [0.4, 0.5) is 5.69 Å². The lowest BCUT2D eigenvalue weighted by molar-refractivity contribution is -0.385. The van der Waals surface area contributed by atoms with Crippen molar-refractivity contribution in [1.82, 2.24) is 4.90 Å². The molecule has 5 nitrogen and oxygen atoms in total. The van der Waals surface area contributed by atoms with Crippen LogP contribution in [0.1, 0.15) is 24.0 Å². The largest absolute Gasteiger partial charge is 0.303 e. The van der Waals surface area contributed by atoms with Crippen molar-refractivity contribution in [3.05, 3.63) is 39.4 Å². The van der Waals surface area contributed by atoms with Crippen LogP contribution in [-0.4, -0.2) is 35.7 Å². The van der Waals surface area contributed by atoms with Crippen LogP contribution in [0.2, 0.25) is 0 Å². The molecule has 1 aromatic carbocycles. The number of likely N-dealkylation sites (tertiary alicyclic amines) is 1. The Hall–Kier alpha value is -1.75. The first-order chi connectivity index (χ1) is 9.61. The van der Waals surface area contributed by atoms with E-state index < -0.39 is 0 Å². The number of piperidine rings is 1. The quantitative estimate of drug-likeness (QED) is 0.611. The number of rotatable bonds is 5. The topological polar surface area (TPSA) is 63.5 Å². The van der Waals surface area contributed by atoms with Gasteiger partial charge in [-0.05, 0) is 44.8 Å². The molecular weight excluding hydrogens is 256 g/mol. The SMILES string of the molecule is Cc1c(CCN2CCC([C]=O)CC2)cccc1[N+](=O)[O-]. The van der Waals surface area contributed by atoms with Gasteiger partial charge in [0, 0.05) is 24.1 Å². The zero-order valence-corrected chi connectivity index (χ0v) is 11.7. The van der Waals surface area contributed by atoms with Crippen molar-refractivity contribution < 1.29 is 9.72 Å². The van der Waals surface area contributed by atoms with Gasteiger partial charge in [0.15, 0.2) is 0 Å². The van der Waals surface area contributed by atoms with Gasteiger partial charge in [-0.1, -0.05) is 12.1 Å². The van der Waals surface area contributed by atoms with Gasteiger partial charge in [-0.2, -0.15) is 0 Å². The van der Waals surface area contributed by atoms with E-state index in [9.17, 15) is 14.9 Å². The number of hydrogen-bond donors (Lipinski definition) is 0. The Morgan fingerprint density at radius 3 is 2.70 bits per heavy atom. The predicted molar refractivity (Wildman–Crippen MR) is 76.4 cm³/mol. The van der Waals surface area contributed by atoms with Crippen LogP contribution >= 0.6 is 0 Å². The van der Waals surface area contributed by atoms with Crippen molar-refractivity contribution in [3.8, 4) is 0 Å². The second kappa shape index (κ2) is 6.61. The summed E-state index contributed by atoms with van der Waals surface area (Å²) in [5.41, 5.74) is 1.98. The Balaban J connectivity index is 1.93. The number of benzene rings is 1. The van der Waals surface area contributed by atoms with Crippen molar-refractivity contribution in [2.75, 3.05) is 19.6 Å². The third kappa shape index (κ3) is 3.42. The molecule has 1 aliphatic heterocycles. The smallest absolute Gasteiger partial charge is 0.272 e. The minimum Gasteiger partial charge on any atom is -0.303 e. The molecule has 1 saturated heterocycles. The summed E-state index contributed by atoms with van der Waals surface area (Å²) in [6, 6.07) is 5.24. The Morgan fingerprint density at radius 1 is 1.40 bits per heavy atom. The molecule has 5 heteroatoms. The third-order valence-electron chi connectivity index (χ3n) is 4.07. The van der Waals surface area contributed by atoms with Gasteiger partial charge in [0.25, 0.3) is 5.69 Å². The van der Waals surface area contributed by atoms with Crippen LogP contribution in [0.15, 0.2) is 18.2 Å². The molecule has 1 radical (unpaired) electrons. The Kier molecular flexibility index (Phi) is 4.84. The molecule has 107 valence electrons. The molecule has 1 fully saturated rings. The van der Waals surface area contributed by atoms with Gasteiger partial charge in [0.05, 0.1) is 4.92 Å². The van der Waals surface area contributed by atoms with E-state index in [0.29, 0.717) is 0 Å². The number of carbonyl (C=O) groups excluding carboxylic acids is 1. The monoisotopic (exact) mass is 275 g/mol. The fourth-order valence-corrected chi connectivity index (χ4v) is 2.69. The first kappa shape index (κ1) is 14.7. The van der Waals surface area contributed by atoms with E-state index >= 15 is 0 Å². The molecule has 0 aliphatic carbocycles. The standard InChI is InChI=1S/C15H19N2O3/c1-12-14(3-2-4-15(12)17(19)20)7-10-16-8-5-13(11-18)6-9-16/h2-4,13H,5-10H2,1H3. The van der Waals surface area contributed by atoms with E-state index in [1.54, 1.807) is 19.1 Å². The minimum atomic E-state index is -0.329. The molecule has 0 atom stereocenters. The highest BCUT2D eigenvalue weighted by Crippen LogP contribution is 2.22. The Morgan fingerprint density at radius 2 is 2.10 bits per heavy atom. The molecule has 0 N–H and O–H groups in total. The van der Waals surface area contributed by atoms with Gasteiger partial charge in [-0.25, -0.2) is 0 Å². The Labute approximate surface area is 118 Å². The highest BCUT2D eigenvalue weighted by atomic mass is 16.6. The maximum atomic E-state index is 10.9. The number of hydrogen-bond acceptors (Lipinski definition) is 4. The van der Waals surface area contributed by atoms with Crippen LogP contribution in [0.25, 0.3) is 0 Å². The summed E-state index contributed by atoms with van der Waals surface area (Å²) in [6.45, 7) is 4.51. The van der Waals surface area contributed by atoms with Gasteiger partial charge in [0.1, 0.15) is 0 Å². The summed E-state index contributed by atoms with van der Waals surface area (Å²) in [5, 5.41) is 10.9. The number of nitrogens with zero attached hydrogens (tertiary/aromatic N) is 2. The van der Waals surface area contributed by atoms with Crippen molar-refractivity contribution in [3.63, 3.8) is 0 Å². The zero-order chi connectivity index (χ0) is 14.5. The van der Waals surface area contributed by atoms with Crippen molar-refractivity contribution in [1.29, 1.82) is 0 Å². The molecule has 1 heterocycles. The maximum absolute atomic E-state index is 10.9.